The van der Waals surface area contributed by atoms with Gasteiger partial charge in [-0.1, -0.05) is 283 Å². The lowest BCUT2D eigenvalue weighted by Gasteiger charge is -2.41. The lowest BCUT2D eigenvalue weighted by Crippen LogP contribution is -2.33. The molecule has 4 aliphatic heterocycles. The highest BCUT2D eigenvalue weighted by molar-refractivity contribution is 7.19. The normalized spacial score (nSPS) is 13.4. The van der Waals surface area contributed by atoms with Crippen LogP contribution in [-0.2, 0) is 22.0 Å². The summed E-state index contributed by atoms with van der Waals surface area (Å²) in [6.07, 6.45) is 6.84. The Bertz CT molecular complexity index is 3510. The third-order valence-electron chi connectivity index (χ3n) is 14.5. The number of methoxy groups -OCH3 is 1. The molecule has 0 spiro atoms. The van der Waals surface area contributed by atoms with E-state index in [0.29, 0.717) is 49.1 Å². The second-order valence-corrected chi connectivity index (χ2v) is 34.7. The number of thiazole rings is 1. The predicted molar refractivity (Wildman–Crippen MR) is 470 cm³/mol. The Morgan fingerprint density at radius 2 is 0.833 bits per heavy atom. The van der Waals surface area contributed by atoms with Crippen LogP contribution < -0.4 is 38.5 Å². The van der Waals surface area contributed by atoms with E-state index in [4.69, 9.17) is 33.2 Å². The van der Waals surface area contributed by atoms with E-state index < -0.39 is 0 Å². The molecule has 0 saturated carbocycles. The van der Waals surface area contributed by atoms with Gasteiger partial charge in [-0.15, -0.1) is 22.7 Å². The SMILES string of the molecule is CC(C)C.CC(C)C.CC(C)C.CC(C)C.CC(C)C.CC(C)C.CC(C)c1cc2ccccc2s1.CC1(C)CCC(C)(C)c2ccccc21.COc1ccc(C)c(C(C)C)c1.O=C1CCc2ccccc2N1.c1ccc2c(c1)OCCCO2.c1ccc2c(c1)OCCO2.c1ccc2c(c1)OCO2.c1cscn1. The van der Waals surface area contributed by atoms with Crippen LogP contribution in [0.4, 0.5) is 5.69 Å². The van der Waals surface area contributed by atoms with Crippen molar-refractivity contribution in [3.63, 3.8) is 0 Å². The number of thiophene rings is 1. The molecule has 108 heavy (non-hydrogen) atoms. The summed E-state index contributed by atoms with van der Waals surface area (Å²) < 4.78 is 38.2. The van der Waals surface area contributed by atoms with E-state index in [0.717, 1.165) is 107 Å². The van der Waals surface area contributed by atoms with Crippen LogP contribution >= 0.6 is 22.7 Å². The van der Waals surface area contributed by atoms with Gasteiger partial charge in [-0.05, 0) is 184 Å². The minimum Gasteiger partial charge on any atom is -0.497 e. The number of hydrogen-bond acceptors (Lipinski definition) is 11. The van der Waals surface area contributed by atoms with E-state index in [1.807, 2.05) is 114 Å². The number of carbonyl (C=O) groups excluding carboxylic acids is 1. The number of ether oxygens (including phenoxy) is 7. The van der Waals surface area contributed by atoms with Crippen molar-refractivity contribution in [1.82, 2.24) is 4.98 Å². The maximum Gasteiger partial charge on any atom is 0.231 e. The average molecular weight is 1520 g/mol. The highest BCUT2D eigenvalue weighted by Crippen LogP contribution is 2.45. The van der Waals surface area contributed by atoms with E-state index in [-0.39, 0.29) is 5.91 Å². The maximum atomic E-state index is 10.9. The molecule has 0 radical (unpaired) electrons. The molecule has 0 bridgehead atoms. The fourth-order valence-electron chi connectivity index (χ4n) is 9.66. The summed E-state index contributed by atoms with van der Waals surface area (Å²) in [6.45, 7) is 62.7. The molecule has 0 atom stereocenters. The van der Waals surface area contributed by atoms with E-state index >= 15 is 0 Å². The molecule has 1 aliphatic carbocycles. The van der Waals surface area contributed by atoms with E-state index in [2.05, 4.69) is 270 Å². The zero-order valence-electron chi connectivity index (χ0n) is 72.1. The molecule has 6 heterocycles. The van der Waals surface area contributed by atoms with E-state index in [1.165, 1.54) is 44.5 Å². The highest BCUT2D eigenvalue weighted by atomic mass is 32.1. The second kappa shape index (κ2) is 55.6. The van der Waals surface area contributed by atoms with Crippen LogP contribution in [0.3, 0.4) is 0 Å². The summed E-state index contributed by atoms with van der Waals surface area (Å²) >= 11 is 3.51. The molecule has 1 N–H and O–H groups in total. The van der Waals surface area contributed by atoms with Gasteiger partial charge in [0.05, 0.1) is 25.8 Å². The fraction of sp³-hybridized carbons (Fsp3) is 0.500. The molecule has 5 aliphatic rings. The van der Waals surface area contributed by atoms with Crippen molar-refractivity contribution in [3.8, 4) is 40.2 Å². The Labute approximate surface area is 665 Å². The smallest absolute Gasteiger partial charge is 0.231 e. The van der Waals surface area contributed by atoms with Crippen molar-refractivity contribution in [2.24, 2.45) is 35.5 Å². The number of nitrogens with one attached hydrogen (secondary N) is 1. The maximum absolute atomic E-state index is 10.9. The summed E-state index contributed by atoms with van der Waals surface area (Å²) in [6, 6.07) is 57.0. The number of amides is 1. The Balaban J connectivity index is 0.000000595. The molecule has 598 valence electrons. The summed E-state index contributed by atoms with van der Waals surface area (Å²) in [7, 11) is 1.70. The van der Waals surface area contributed by atoms with Crippen LogP contribution in [0.2, 0.25) is 0 Å². The van der Waals surface area contributed by atoms with Crippen LogP contribution in [-0.4, -0.2) is 51.2 Å². The second-order valence-electron chi connectivity index (χ2n) is 32.8. The Kier molecular flexibility index (Phi) is 50.5. The molecule has 0 saturated heterocycles. The summed E-state index contributed by atoms with van der Waals surface area (Å²) in [5, 5.41) is 6.13. The molecule has 0 unspecified atom stereocenters. The number of aromatic nitrogens is 1. The number of carbonyl (C=O) groups is 1. The van der Waals surface area contributed by atoms with Crippen LogP contribution in [0, 0.1) is 42.4 Å². The van der Waals surface area contributed by atoms with Crippen molar-refractivity contribution in [2.45, 2.75) is 242 Å². The van der Waals surface area contributed by atoms with Gasteiger partial charge >= 0.3 is 0 Å². The number of nitrogens with zero attached hydrogens (tertiary/aromatic N) is 1. The quantitative estimate of drug-likeness (QED) is 0.185. The van der Waals surface area contributed by atoms with Gasteiger partial charge in [0.25, 0.3) is 0 Å². The van der Waals surface area contributed by atoms with Crippen molar-refractivity contribution >= 4 is 44.4 Å². The minimum absolute atomic E-state index is 0.128. The summed E-state index contributed by atoms with van der Waals surface area (Å²) in [5.74, 6) is 12.4. The predicted octanol–water partition coefficient (Wildman–Crippen LogP) is 28.6. The van der Waals surface area contributed by atoms with Crippen molar-refractivity contribution in [1.29, 1.82) is 0 Å². The molecule has 1 amide bonds. The Hall–Kier alpha value is -7.80. The van der Waals surface area contributed by atoms with Gasteiger partial charge in [-0.2, -0.15) is 0 Å². The zero-order chi connectivity index (χ0) is 81.2. The van der Waals surface area contributed by atoms with Gasteiger partial charge in [0.1, 0.15) is 19.0 Å². The molecule has 9 aromatic rings. The molecular formula is C96H144N2O8S2. The third-order valence-corrected chi connectivity index (χ3v) is 16.5. The number of para-hydroxylation sites is 7. The number of benzene rings is 7. The molecule has 7 aromatic carbocycles. The van der Waals surface area contributed by atoms with Gasteiger partial charge < -0.3 is 38.5 Å². The van der Waals surface area contributed by atoms with Crippen molar-refractivity contribution in [2.75, 3.05) is 45.6 Å². The van der Waals surface area contributed by atoms with Crippen LogP contribution in [0.5, 0.6) is 40.2 Å². The van der Waals surface area contributed by atoms with Crippen molar-refractivity contribution in [3.05, 3.63) is 220 Å². The first-order valence-electron chi connectivity index (χ1n) is 39.5. The Morgan fingerprint density at radius 3 is 1.21 bits per heavy atom. The zero-order valence-corrected chi connectivity index (χ0v) is 73.8. The third kappa shape index (κ3) is 45.2. The monoisotopic (exact) mass is 1520 g/mol. The Morgan fingerprint density at radius 1 is 0.444 bits per heavy atom. The number of aryl methyl sites for hydroxylation is 2. The molecule has 2 aromatic heterocycles. The van der Waals surface area contributed by atoms with E-state index in [9.17, 15) is 4.79 Å². The lowest BCUT2D eigenvalue weighted by atomic mass is 9.63. The van der Waals surface area contributed by atoms with Crippen molar-refractivity contribution < 1.29 is 38.0 Å². The first-order chi connectivity index (χ1) is 51.0. The van der Waals surface area contributed by atoms with Crippen LogP contribution in [0.1, 0.15) is 250 Å². The number of anilines is 1. The number of fused-ring (bicyclic) bond motifs is 6. The summed E-state index contributed by atoms with van der Waals surface area (Å²) in [4.78, 5) is 16.1. The first-order valence-corrected chi connectivity index (χ1v) is 41.2. The highest BCUT2D eigenvalue weighted by Gasteiger charge is 2.36. The topological polar surface area (TPSA) is 107 Å². The van der Waals surface area contributed by atoms with Gasteiger partial charge in [0, 0.05) is 39.7 Å². The largest absolute Gasteiger partial charge is 0.497 e. The molecule has 12 heteroatoms. The van der Waals surface area contributed by atoms with E-state index in [1.54, 1.807) is 41.3 Å². The average Bonchev–Trinajstić information content (AvgIpc) is 0.990. The molecular weight excluding hydrogens is 1370 g/mol. The van der Waals surface area contributed by atoms with Gasteiger partial charge in [0.2, 0.25) is 12.7 Å². The van der Waals surface area contributed by atoms with Gasteiger partial charge in [0.15, 0.2) is 34.5 Å². The van der Waals surface area contributed by atoms with Crippen LogP contribution in [0.25, 0.3) is 10.1 Å². The van der Waals surface area contributed by atoms with Crippen LogP contribution in [0.15, 0.2) is 187 Å². The lowest BCUT2D eigenvalue weighted by molar-refractivity contribution is -0.116. The first kappa shape index (κ1) is 98.2. The minimum atomic E-state index is 0.128. The summed E-state index contributed by atoms with van der Waals surface area (Å²) in [5.41, 5.74) is 10.6. The van der Waals surface area contributed by atoms with Gasteiger partial charge in [-0.25, -0.2) is 0 Å². The fourth-order valence-corrected chi connectivity index (χ4v) is 11.1. The molecule has 10 nitrogen and oxygen atoms in total. The number of rotatable bonds is 3. The molecule has 0 fully saturated rings. The number of hydrogen-bond donors (Lipinski definition) is 1. The standard InChI is InChI=1S/C14H20.C11H16O.C11H12S.C9H9NO.C9H10O2.C8H8O2.C7H6O2.6C4H10.C3H3NS/c1-13(2)9-10-14(3,4)12-8-6-5-7-11(12)13;1-8(2)11-7-10(12-4)6-5-9(11)3;1-8(2)11-7-9-5-3-4-6-10(9)12-11;11-9-6-5-7-3-1-2-4-8(7)10-9;1-2-5-9-8(4-1)10-6-3-7-11-9;1-2-4-8-7(3-1)9-5-6-10-8;1-2-4-7-6(3-1)8-5-9-7;6*1-4(2)3;1-2-5-3-4-1/h5-8H,9-10H2,1-4H3;5-8H,1-4H3;3-8H,1-2H3;1-4H,5-6H2,(H,10,11);1-2,4-5H,3,6-7H2;1-4H,5-6H2;1-4H,5H2;6*4H,1-3H3;1-3H. The molecule has 14 rings (SSSR count). The van der Waals surface area contributed by atoms with Gasteiger partial charge in [-0.3, -0.25) is 9.78 Å².